The van der Waals surface area contributed by atoms with Gasteiger partial charge in [0.25, 0.3) is 0 Å². The molecule has 2 aromatic rings. The lowest BCUT2D eigenvalue weighted by Crippen LogP contribution is -2.10. The highest BCUT2D eigenvalue weighted by molar-refractivity contribution is 9.10. The standard InChI is InChI=1S/C13H12BrN3/c1-17(2)7-3-4-13-15-9-10-8-11(14)5-6-12(10)16-13/h5-6,8-9H,7H2,1-2H3. The third-order valence-electron chi connectivity index (χ3n) is 2.14. The van der Waals surface area contributed by atoms with Gasteiger partial charge in [-0.15, -0.1) is 0 Å². The second-order valence-corrected chi connectivity index (χ2v) is 4.85. The molecule has 0 saturated carbocycles. The summed E-state index contributed by atoms with van der Waals surface area (Å²) >= 11 is 3.42. The molecule has 0 aliphatic carbocycles. The molecule has 17 heavy (non-hydrogen) atoms. The van der Waals surface area contributed by atoms with E-state index in [0.29, 0.717) is 12.4 Å². The Kier molecular flexibility index (Phi) is 3.72. The Balaban J connectivity index is 2.31. The zero-order chi connectivity index (χ0) is 12.3. The van der Waals surface area contributed by atoms with E-state index in [1.54, 1.807) is 6.20 Å². The van der Waals surface area contributed by atoms with Crippen molar-refractivity contribution in [3.05, 3.63) is 34.7 Å². The van der Waals surface area contributed by atoms with E-state index in [-0.39, 0.29) is 0 Å². The van der Waals surface area contributed by atoms with Gasteiger partial charge in [0.1, 0.15) is 0 Å². The summed E-state index contributed by atoms with van der Waals surface area (Å²) < 4.78 is 1.03. The Bertz CT molecular complexity index is 596. The fourth-order valence-electron chi connectivity index (χ4n) is 1.34. The highest BCUT2D eigenvalue weighted by Crippen LogP contribution is 2.17. The first-order valence-electron chi connectivity index (χ1n) is 5.21. The van der Waals surface area contributed by atoms with Gasteiger partial charge in [0, 0.05) is 16.1 Å². The Morgan fingerprint density at radius 1 is 1.35 bits per heavy atom. The van der Waals surface area contributed by atoms with Crippen LogP contribution in [0.15, 0.2) is 28.9 Å². The summed E-state index contributed by atoms with van der Waals surface area (Å²) in [7, 11) is 3.96. The van der Waals surface area contributed by atoms with E-state index in [9.17, 15) is 0 Å². The lowest BCUT2D eigenvalue weighted by molar-refractivity contribution is 0.464. The topological polar surface area (TPSA) is 29.0 Å². The van der Waals surface area contributed by atoms with Crippen LogP contribution < -0.4 is 0 Å². The summed E-state index contributed by atoms with van der Waals surface area (Å²) in [5.74, 6) is 6.55. The van der Waals surface area contributed by atoms with E-state index in [0.717, 1.165) is 15.4 Å². The summed E-state index contributed by atoms with van der Waals surface area (Å²) in [5.41, 5.74) is 0.914. The van der Waals surface area contributed by atoms with Gasteiger partial charge >= 0.3 is 0 Å². The van der Waals surface area contributed by atoms with E-state index >= 15 is 0 Å². The summed E-state index contributed by atoms with van der Waals surface area (Å²) in [6.45, 7) is 0.710. The predicted octanol–water partition coefficient (Wildman–Crippen LogP) is 2.31. The first-order valence-corrected chi connectivity index (χ1v) is 6.00. The summed E-state index contributed by atoms with van der Waals surface area (Å²) in [6.07, 6.45) is 1.80. The van der Waals surface area contributed by atoms with Gasteiger partial charge in [-0.25, -0.2) is 9.97 Å². The van der Waals surface area contributed by atoms with Crippen molar-refractivity contribution in [1.29, 1.82) is 0 Å². The van der Waals surface area contributed by atoms with Gasteiger partial charge in [-0.05, 0) is 38.2 Å². The minimum absolute atomic E-state index is 0.571. The predicted molar refractivity (Wildman–Crippen MR) is 72.7 cm³/mol. The molecule has 0 saturated heterocycles. The van der Waals surface area contributed by atoms with Gasteiger partial charge in [0.2, 0.25) is 5.82 Å². The van der Waals surface area contributed by atoms with Crippen molar-refractivity contribution in [3.8, 4) is 11.8 Å². The average Bonchev–Trinajstić information content (AvgIpc) is 2.29. The number of aromatic nitrogens is 2. The van der Waals surface area contributed by atoms with Crippen molar-refractivity contribution in [2.45, 2.75) is 0 Å². The van der Waals surface area contributed by atoms with Crippen LogP contribution in [0.2, 0.25) is 0 Å². The number of nitrogens with zero attached hydrogens (tertiary/aromatic N) is 3. The van der Waals surface area contributed by atoms with Crippen LogP contribution in [0.1, 0.15) is 5.82 Å². The molecule has 0 spiro atoms. The zero-order valence-corrected chi connectivity index (χ0v) is 11.3. The Hall–Kier alpha value is -1.44. The molecule has 1 heterocycles. The summed E-state index contributed by atoms with van der Waals surface area (Å²) in [6, 6.07) is 5.91. The number of rotatable bonds is 1. The maximum Gasteiger partial charge on any atom is 0.205 e. The highest BCUT2D eigenvalue weighted by atomic mass is 79.9. The lowest BCUT2D eigenvalue weighted by Gasteiger charge is -2.01. The maximum atomic E-state index is 4.39. The summed E-state index contributed by atoms with van der Waals surface area (Å²) in [5, 5.41) is 1.01. The summed E-state index contributed by atoms with van der Waals surface area (Å²) in [4.78, 5) is 10.6. The molecule has 1 aromatic carbocycles. The van der Waals surface area contributed by atoms with Crippen molar-refractivity contribution in [2.75, 3.05) is 20.6 Å². The molecule has 0 N–H and O–H groups in total. The van der Waals surface area contributed by atoms with Crippen LogP contribution in [-0.4, -0.2) is 35.5 Å². The fourth-order valence-corrected chi connectivity index (χ4v) is 1.72. The first kappa shape index (κ1) is 12.0. The third kappa shape index (κ3) is 3.26. The third-order valence-corrected chi connectivity index (χ3v) is 2.63. The average molecular weight is 290 g/mol. The second kappa shape index (κ2) is 5.26. The fraction of sp³-hybridized carbons (Fsp3) is 0.231. The minimum Gasteiger partial charge on any atom is -0.299 e. The van der Waals surface area contributed by atoms with Crippen LogP contribution in [0.5, 0.6) is 0 Å². The van der Waals surface area contributed by atoms with Gasteiger partial charge in [-0.2, -0.15) is 0 Å². The van der Waals surface area contributed by atoms with Gasteiger partial charge in [-0.3, -0.25) is 4.90 Å². The van der Waals surface area contributed by atoms with Crippen LogP contribution in [-0.2, 0) is 0 Å². The van der Waals surface area contributed by atoms with E-state index in [1.165, 1.54) is 0 Å². The van der Waals surface area contributed by atoms with E-state index in [1.807, 2.05) is 37.2 Å². The molecule has 1 aromatic heterocycles. The Labute approximate surface area is 109 Å². The maximum absolute atomic E-state index is 4.39. The SMILES string of the molecule is CN(C)CC#Cc1ncc2cc(Br)ccc2n1. The van der Waals surface area contributed by atoms with Crippen molar-refractivity contribution in [3.63, 3.8) is 0 Å². The van der Waals surface area contributed by atoms with E-state index in [2.05, 4.69) is 37.7 Å². The zero-order valence-electron chi connectivity index (χ0n) is 9.74. The number of halogens is 1. The van der Waals surface area contributed by atoms with Crippen LogP contribution >= 0.6 is 15.9 Å². The molecule has 4 heteroatoms. The molecule has 86 valence electrons. The van der Waals surface area contributed by atoms with Gasteiger partial charge in [0.15, 0.2) is 0 Å². The molecule has 0 aliphatic rings. The normalized spacial score (nSPS) is 10.4. The minimum atomic E-state index is 0.571. The lowest BCUT2D eigenvalue weighted by atomic mass is 10.2. The van der Waals surface area contributed by atoms with E-state index < -0.39 is 0 Å². The number of hydrogen-bond acceptors (Lipinski definition) is 3. The highest BCUT2D eigenvalue weighted by Gasteiger charge is 1.98. The molecule has 0 radical (unpaired) electrons. The molecule has 0 bridgehead atoms. The number of benzene rings is 1. The van der Waals surface area contributed by atoms with Crippen LogP contribution in [0.25, 0.3) is 10.9 Å². The molecular weight excluding hydrogens is 278 g/mol. The van der Waals surface area contributed by atoms with Crippen LogP contribution in [0.3, 0.4) is 0 Å². The Morgan fingerprint density at radius 2 is 2.18 bits per heavy atom. The monoisotopic (exact) mass is 289 g/mol. The molecule has 0 amide bonds. The molecular formula is C13H12BrN3. The van der Waals surface area contributed by atoms with Gasteiger partial charge in [0.05, 0.1) is 12.1 Å². The van der Waals surface area contributed by atoms with Gasteiger partial charge in [-0.1, -0.05) is 21.9 Å². The second-order valence-electron chi connectivity index (χ2n) is 3.94. The van der Waals surface area contributed by atoms with Crippen molar-refractivity contribution >= 4 is 26.8 Å². The quantitative estimate of drug-likeness (QED) is 0.755. The first-order chi connectivity index (χ1) is 8.15. The van der Waals surface area contributed by atoms with Gasteiger partial charge < -0.3 is 0 Å². The van der Waals surface area contributed by atoms with Crippen molar-refractivity contribution < 1.29 is 0 Å². The van der Waals surface area contributed by atoms with Crippen LogP contribution in [0, 0.1) is 11.8 Å². The van der Waals surface area contributed by atoms with Crippen LogP contribution in [0.4, 0.5) is 0 Å². The smallest absolute Gasteiger partial charge is 0.205 e. The molecule has 3 nitrogen and oxygen atoms in total. The van der Waals surface area contributed by atoms with Crippen molar-refractivity contribution in [1.82, 2.24) is 14.9 Å². The largest absolute Gasteiger partial charge is 0.299 e. The molecule has 0 aliphatic heterocycles. The molecule has 2 rings (SSSR count). The molecule has 0 fully saturated rings. The number of fused-ring (bicyclic) bond motifs is 1. The Morgan fingerprint density at radius 3 is 2.94 bits per heavy atom. The molecule has 0 atom stereocenters. The van der Waals surface area contributed by atoms with E-state index in [4.69, 9.17) is 0 Å². The number of hydrogen-bond donors (Lipinski definition) is 0. The molecule has 0 unspecified atom stereocenters. The van der Waals surface area contributed by atoms with Crippen molar-refractivity contribution in [2.24, 2.45) is 0 Å².